The van der Waals surface area contributed by atoms with Gasteiger partial charge in [-0.1, -0.05) is 48.9 Å². The molecule has 1 aromatic heterocycles. The largest absolute Gasteiger partial charge is 0.370 e. The van der Waals surface area contributed by atoms with Crippen LogP contribution < -0.4 is 10.6 Å². The molecule has 1 aromatic carbocycles. The van der Waals surface area contributed by atoms with Crippen molar-refractivity contribution in [1.29, 1.82) is 0 Å². The summed E-state index contributed by atoms with van der Waals surface area (Å²) in [6, 6.07) is 12.3. The van der Waals surface area contributed by atoms with Gasteiger partial charge >= 0.3 is 0 Å². The standard InChI is InChI=1S/C21H28N4/c1-2-14-22-20-16-19(18-11-7-4-8-12-18)24-21(25-20)23-15-13-17-9-5-3-6-10-17/h4,7-9,11-12,16H,2-3,5-6,10,13-15H2,1H3,(H2,22,23,24,25). The van der Waals surface area contributed by atoms with Crippen LogP contribution >= 0.6 is 0 Å². The highest BCUT2D eigenvalue weighted by Gasteiger charge is 2.08. The van der Waals surface area contributed by atoms with Crippen molar-refractivity contribution in [3.05, 3.63) is 48.0 Å². The minimum Gasteiger partial charge on any atom is -0.370 e. The molecule has 132 valence electrons. The normalized spacial score (nSPS) is 14.0. The maximum absolute atomic E-state index is 4.71. The van der Waals surface area contributed by atoms with E-state index in [2.05, 4.69) is 40.8 Å². The summed E-state index contributed by atoms with van der Waals surface area (Å²) in [5.74, 6) is 1.59. The topological polar surface area (TPSA) is 49.8 Å². The summed E-state index contributed by atoms with van der Waals surface area (Å²) in [5, 5.41) is 6.80. The zero-order chi connectivity index (χ0) is 17.3. The molecule has 4 heteroatoms. The number of aromatic nitrogens is 2. The fourth-order valence-corrected chi connectivity index (χ4v) is 3.09. The summed E-state index contributed by atoms with van der Waals surface area (Å²) < 4.78 is 0. The van der Waals surface area contributed by atoms with Crippen LogP contribution in [0.2, 0.25) is 0 Å². The Morgan fingerprint density at radius 3 is 2.64 bits per heavy atom. The summed E-state index contributed by atoms with van der Waals surface area (Å²) in [6.45, 7) is 3.96. The van der Waals surface area contributed by atoms with E-state index in [1.807, 2.05) is 24.3 Å². The van der Waals surface area contributed by atoms with Crippen LogP contribution in [0.15, 0.2) is 48.0 Å². The van der Waals surface area contributed by atoms with E-state index in [0.29, 0.717) is 5.95 Å². The summed E-state index contributed by atoms with van der Waals surface area (Å²) in [4.78, 5) is 9.34. The molecule has 1 aliphatic rings. The second kappa shape index (κ2) is 9.21. The molecule has 0 aliphatic heterocycles. The number of hydrogen-bond donors (Lipinski definition) is 2. The van der Waals surface area contributed by atoms with Crippen molar-refractivity contribution in [1.82, 2.24) is 9.97 Å². The first-order chi connectivity index (χ1) is 12.3. The molecule has 0 radical (unpaired) electrons. The van der Waals surface area contributed by atoms with Crippen molar-refractivity contribution in [2.24, 2.45) is 0 Å². The van der Waals surface area contributed by atoms with Crippen LogP contribution in [0.25, 0.3) is 11.3 Å². The highest BCUT2D eigenvalue weighted by atomic mass is 15.1. The lowest BCUT2D eigenvalue weighted by molar-refractivity contribution is 0.679. The fraction of sp³-hybridized carbons (Fsp3) is 0.429. The van der Waals surface area contributed by atoms with Crippen LogP contribution in [-0.2, 0) is 0 Å². The highest BCUT2D eigenvalue weighted by Crippen LogP contribution is 2.22. The second-order valence-corrected chi connectivity index (χ2v) is 6.54. The molecule has 0 saturated carbocycles. The Labute approximate surface area is 150 Å². The molecular weight excluding hydrogens is 308 g/mol. The van der Waals surface area contributed by atoms with E-state index >= 15 is 0 Å². The van der Waals surface area contributed by atoms with E-state index in [1.54, 1.807) is 5.57 Å². The fourth-order valence-electron chi connectivity index (χ4n) is 3.09. The first-order valence-electron chi connectivity index (χ1n) is 9.45. The third-order valence-corrected chi connectivity index (χ3v) is 4.47. The molecule has 0 bridgehead atoms. The Kier molecular flexibility index (Phi) is 6.43. The average Bonchev–Trinajstić information content (AvgIpc) is 2.68. The average molecular weight is 336 g/mol. The number of anilines is 2. The zero-order valence-corrected chi connectivity index (χ0v) is 15.1. The highest BCUT2D eigenvalue weighted by molar-refractivity contribution is 5.64. The van der Waals surface area contributed by atoms with E-state index in [4.69, 9.17) is 4.98 Å². The predicted octanol–water partition coefficient (Wildman–Crippen LogP) is 5.27. The number of nitrogens with zero attached hydrogens (tertiary/aromatic N) is 2. The SMILES string of the molecule is CCCNc1cc(-c2ccccc2)nc(NCCC2=CCCCC2)n1. The van der Waals surface area contributed by atoms with Crippen LogP contribution in [0.1, 0.15) is 45.4 Å². The summed E-state index contributed by atoms with van der Waals surface area (Å²) in [7, 11) is 0. The van der Waals surface area contributed by atoms with Gasteiger partial charge in [-0.2, -0.15) is 4.98 Å². The lowest BCUT2D eigenvalue weighted by atomic mass is 9.97. The van der Waals surface area contributed by atoms with Gasteiger partial charge in [-0.25, -0.2) is 4.98 Å². The van der Waals surface area contributed by atoms with Gasteiger partial charge in [0, 0.05) is 24.7 Å². The smallest absolute Gasteiger partial charge is 0.225 e. The van der Waals surface area contributed by atoms with E-state index in [-0.39, 0.29) is 0 Å². The van der Waals surface area contributed by atoms with Crippen molar-refractivity contribution in [3.63, 3.8) is 0 Å². The maximum atomic E-state index is 4.71. The zero-order valence-electron chi connectivity index (χ0n) is 15.1. The molecule has 3 rings (SSSR count). The maximum Gasteiger partial charge on any atom is 0.225 e. The van der Waals surface area contributed by atoms with Crippen LogP contribution in [0.5, 0.6) is 0 Å². The van der Waals surface area contributed by atoms with E-state index in [1.165, 1.54) is 25.7 Å². The minimum atomic E-state index is 0.705. The molecule has 1 heterocycles. The Hall–Kier alpha value is -2.36. The summed E-state index contributed by atoms with van der Waals surface area (Å²) >= 11 is 0. The third-order valence-electron chi connectivity index (χ3n) is 4.47. The number of nitrogens with one attached hydrogen (secondary N) is 2. The van der Waals surface area contributed by atoms with Gasteiger partial charge in [0.2, 0.25) is 5.95 Å². The Morgan fingerprint density at radius 1 is 1.00 bits per heavy atom. The van der Waals surface area contributed by atoms with Crippen LogP contribution in [-0.4, -0.2) is 23.1 Å². The molecule has 0 unspecified atom stereocenters. The molecule has 0 spiro atoms. The Bertz CT molecular complexity index is 694. The molecule has 1 aliphatic carbocycles. The molecule has 0 fully saturated rings. The number of rotatable bonds is 8. The van der Waals surface area contributed by atoms with Crippen molar-refractivity contribution < 1.29 is 0 Å². The third kappa shape index (κ3) is 5.31. The minimum absolute atomic E-state index is 0.705. The van der Waals surface area contributed by atoms with Gasteiger partial charge < -0.3 is 10.6 Å². The number of hydrogen-bond acceptors (Lipinski definition) is 4. The van der Waals surface area contributed by atoms with Gasteiger partial charge in [-0.15, -0.1) is 0 Å². The lowest BCUT2D eigenvalue weighted by Gasteiger charge is -2.14. The van der Waals surface area contributed by atoms with Crippen LogP contribution in [0.3, 0.4) is 0 Å². The number of benzene rings is 1. The second-order valence-electron chi connectivity index (χ2n) is 6.54. The van der Waals surface area contributed by atoms with Gasteiger partial charge in [0.15, 0.2) is 0 Å². The van der Waals surface area contributed by atoms with Crippen molar-refractivity contribution in [2.75, 3.05) is 23.7 Å². The van der Waals surface area contributed by atoms with Crippen molar-refractivity contribution in [3.8, 4) is 11.3 Å². The van der Waals surface area contributed by atoms with Gasteiger partial charge in [-0.3, -0.25) is 0 Å². The van der Waals surface area contributed by atoms with Crippen LogP contribution in [0, 0.1) is 0 Å². The predicted molar refractivity (Wildman–Crippen MR) is 106 cm³/mol. The monoisotopic (exact) mass is 336 g/mol. The first kappa shape index (κ1) is 17.5. The first-order valence-corrected chi connectivity index (χ1v) is 9.45. The van der Waals surface area contributed by atoms with Gasteiger partial charge in [0.1, 0.15) is 5.82 Å². The summed E-state index contributed by atoms with van der Waals surface area (Å²) in [6.07, 6.45) is 9.71. The van der Waals surface area contributed by atoms with Crippen molar-refractivity contribution >= 4 is 11.8 Å². The molecule has 0 amide bonds. The molecule has 25 heavy (non-hydrogen) atoms. The lowest BCUT2D eigenvalue weighted by Crippen LogP contribution is -2.10. The molecule has 0 saturated heterocycles. The number of allylic oxidation sites excluding steroid dienone is 1. The van der Waals surface area contributed by atoms with Crippen molar-refractivity contribution in [2.45, 2.75) is 45.4 Å². The molecule has 0 atom stereocenters. The Morgan fingerprint density at radius 2 is 1.88 bits per heavy atom. The molecule has 4 nitrogen and oxygen atoms in total. The Balaban J connectivity index is 1.71. The van der Waals surface area contributed by atoms with Gasteiger partial charge in [0.05, 0.1) is 5.69 Å². The van der Waals surface area contributed by atoms with Crippen LogP contribution in [0.4, 0.5) is 11.8 Å². The molecule has 2 aromatic rings. The summed E-state index contributed by atoms with van der Waals surface area (Å²) in [5.41, 5.74) is 3.64. The van der Waals surface area contributed by atoms with E-state index in [9.17, 15) is 0 Å². The quantitative estimate of drug-likeness (QED) is 0.645. The molecular formula is C21H28N4. The molecule has 2 N–H and O–H groups in total. The van der Waals surface area contributed by atoms with Gasteiger partial charge in [0.25, 0.3) is 0 Å². The van der Waals surface area contributed by atoms with E-state index < -0.39 is 0 Å². The van der Waals surface area contributed by atoms with E-state index in [0.717, 1.165) is 43.0 Å². The van der Waals surface area contributed by atoms with Gasteiger partial charge in [-0.05, 0) is 38.5 Å².